The normalized spacial score (nSPS) is 21.1. The van der Waals surface area contributed by atoms with Gasteiger partial charge in [-0.05, 0) is 41.5 Å². The summed E-state index contributed by atoms with van der Waals surface area (Å²) in [6.07, 6.45) is 0. The molecule has 0 aliphatic carbocycles. The van der Waals surface area contributed by atoms with Crippen LogP contribution in [0.25, 0.3) is 0 Å². The zero-order chi connectivity index (χ0) is 16.4. The predicted octanol–water partition coefficient (Wildman–Crippen LogP) is 2.80. The second-order valence-corrected chi connectivity index (χ2v) is 7.93. The van der Waals surface area contributed by atoms with Crippen LogP contribution in [0.15, 0.2) is 4.99 Å². The van der Waals surface area contributed by atoms with Crippen molar-refractivity contribution in [3.63, 3.8) is 0 Å². The van der Waals surface area contributed by atoms with E-state index in [0.717, 1.165) is 25.6 Å². The second-order valence-electron chi connectivity index (χ2n) is 7.93. The molecule has 4 nitrogen and oxygen atoms in total. The molecule has 0 bridgehead atoms. The van der Waals surface area contributed by atoms with Gasteiger partial charge in [0.1, 0.15) is 0 Å². The number of aliphatic imine (C=N–C) groups is 1. The molecule has 0 aromatic carbocycles. The van der Waals surface area contributed by atoms with Gasteiger partial charge in [-0.1, -0.05) is 13.8 Å². The quantitative estimate of drug-likeness (QED) is 0.625. The van der Waals surface area contributed by atoms with Gasteiger partial charge in [-0.2, -0.15) is 0 Å². The summed E-state index contributed by atoms with van der Waals surface area (Å²) in [5.41, 5.74) is 0.497. The molecule has 0 aromatic rings. The molecular formula is C17H36N4. The van der Waals surface area contributed by atoms with Crippen LogP contribution in [0.4, 0.5) is 0 Å². The maximum atomic E-state index is 4.47. The van der Waals surface area contributed by atoms with E-state index < -0.39 is 0 Å². The molecule has 0 amide bonds. The maximum absolute atomic E-state index is 4.47. The number of hydrogen-bond acceptors (Lipinski definition) is 2. The number of hydrogen-bond donors (Lipinski definition) is 1. The van der Waals surface area contributed by atoms with Crippen molar-refractivity contribution in [2.24, 2.45) is 10.4 Å². The van der Waals surface area contributed by atoms with Crippen LogP contribution in [-0.2, 0) is 0 Å². The van der Waals surface area contributed by atoms with Crippen LogP contribution in [0.3, 0.4) is 0 Å². The van der Waals surface area contributed by atoms with Gasteiger partial charge in [-0.3, -0.25) is 9.89 Å². The Morgan fingerprint density at radius 3 is 2.00 bits per heavy atom. The van der Waals surface area contributed by atoms with Crippen LogP contribution >= 0.6 is 0 Å². The minimum absolute atomic E-state index is 0.157. The molecule has 124 valence electrons. The van der Waals surface area contributed by atoms with E-state index in [1.54, 1.807) is 0 Å². The Kier molecular flexibility index (Phi) is 5.70. The first-order valence-corrected chi connectivity index (χ1v) is 8.28. The summed E-state index contributed by atoms with van der Waals surface area (Å²) in [4.78, 5) is 9.37. The SMILES string of the molecule is CN=C(NCCN(C(C)C)C(C)C)N1CC(C)(C)C1(C)C. The average Bonchev–Trinajstić information content (AvgIpc) is 2.36. The highest BCUT2D eigenvalue weighted by Crippen LogP contribution is 2.46. The summed E-state index contributed by atoms with van der Waals surface area (Å²) < 4.78 is 0. The van der Waals surface area contributed by atoms with Crippen molar-refractivity contribution in [3.05, 3.63) is 0 Å². The molecule has 0 spiro atoms. The number of guanidine groups is 1. The first-order chi connectivity index (χ1) is 9.54. The van der Waals surface area contributed by atoms with Crippen molar-refractivity contribution in [1.82, 2.24) is 15.1 Å². The molecule has 1 fully saturated rings. The zero-order valence-electron chi connectivity index (χ0n) is 15.6. The van der Waals surface area contributed by atoms with Crippen molar-refractivity contribution >= 4 is 5.96 Å². The van der Waals surface area contributed by atoms with Crippen LogP contribution < -0.4 is 5.32 Å². The van der Waals surface area contributed by atoms with Crippen LogP contribution in [0.1, 0.15) is 55.4 Å². The molecule has 1 saturated heterocycles. The van der Waals surface area contributed by atoms with Crippen LogP contribution in [0, 0.1) is 5.41 Å². The van der Waals surface area contributed by atoms with E-state index >= 15 is 0 Å². The fourth-order valence-electron chi connectivity index (χ4n) is 3.10. The summed E-state index contributed by atoms with van der Waals surface area (Å²) in [5.74, 6) is 1.03. The maximum Gasteiger partial charge on any atom is 0.194 e. The van der Waals surface area contributed by atoms with Crippen molar-refractivity contribution in [2.45, 2.75) is 73.0 Å². The predicted molar refractivity (Wildman–Crippen MR) is 92.9 cm³/mol. The molecule has 1 aliphatic rings. The average molecular weight is 297 g/mol. The fourth-order valence-corrected chi connectivity index (χ4v) is 3.10. The number of nitrogens with one attached hydrogen (secondary N) is 1. The van der Waals surface area contributed by atoms with Crippen molar-refractivity contribution in [3.8, 4) is 0 Å². The van der Waals surface area contributed by atoms with Crippen LogP contribution in [-0.4, -0.2) is 60.1 Å². The van der Waals surface area contributed by atoms with E-state index in [2.05, 4.69) is 75.5 Å². The van der Waals surface area contributed by atoms with E-state index in [1.165, 1.54) is 0 Å². The van der Waals surface area contributed by atoms with Gasteiger partial charge in [0.25, 0.3) is 0 Å². The van der Waals surface area contributed by atoms with E-state index in [1.807, 2.05) is 7.05 Å². The number of nitrogens with zero attached hydrogens (tertiary/aromatic N) is 3. The fraction of sp³-hybridized carbons (Fsp3) is 0.941. The zero-order valence-corrected chi connectivity index (χ0v) is 15.6. The van der Waals surface area contributed by atoms with Gasteiger partial charge < -0.3 is 10.2 Å². The van der Waals surface area contributed by atoms with Gasteiger partial charge in [-0.15, -0.1) is 0 Å². The third kappa shape index (κ3) is 3.71. The summed E-state index contributed by atoms with van der Waals surface area (Å²) >= 11 is 0. The molecule has 1 rings (SSSR count). The third-order valence-corrected chi connectivity index (χ3v) is 5.33. The topological polar surface area (TPSA) is 30.9 Å². The van der Waals surface area contributed by atoms with Gasteiger partial charge in [-0.25, -0.2) is 0 Å². The van der Waals surface area contributed by atoms with Crippen LogP contribution in [0.5, 0.6) is 0 Å². The first kappa shape index (κ1) is 18.3. The van der Waals surface area contributed by atoms with E-state index in [9.17, 15) is 0 Å². The highest BCUT2D eigenvalue weighted by atomic mass is 15.4. The first-order valence-electron chi connectivity index (χ1n) is 8.28. The second kappa shape index (κ2) is 6.55. The van der Waals surface area contributed by atoms with E-state index in [-0.39, 0.29) is 5.54 Å². The molecule has 1 heterocycles. The van der Waals surface area contributed by atoms with E-state index in [0.29, 0.717) is 17.5 Å². The molecular weight excluding hydrogens is 260 g/mol. The molecule has 0 atom stereocenters. The Bertz CT molecular complexity index is 361. The van der Waals surface area contributed by atoms with Crippen molar-refractivity contribution < 1.29 is 0 Å². The Morgan fingerprint density at radius 2 is 1.67 bits per heavy atom. The molecule has 1 aliphatic heterocycles. The summed E-state index contributed by atoms with van der Waals surface area (Å²) in [7, 11) is 1.88. The lowest BCUT2D eigenvalue weighted by molar-refractivity contribution is -0.0667. The summed E-state index contributed by atoms with van der Waals surface area (Å²) in [6.45, 7) is 21.4. The summed E-state index contributed by atoms with van der Waals surface area (Å²) in [6, 6.07) is 1.15. The van der Waals surface area contributed by atoms with Crippen molar-refractivity contribution in [1.29, 1.82) is 0 Å². The van der Waals surface area contributed by atoms with Crippen LogP contribution in [0.2, 0.25) is 0 Å². The number of likely N-dealkylation sites (tertiary alicyclic amines) is 1. The smallest absolute Gasteiger partial charge is 0.194 e. The molecule has 21 heavy (non-hydrogen) atoms. The Morgan fingerprint density at radius 1 is 1.14 bits per heavy atom. The Balaban J connectivity index is 2.55. The van der Waals surface area contributed by atoms with Crippen molar-refractivity contribution in [2.75, 3.05) is 26.7 Å². The lowest BCUT2D eigenvalue weighted by Gasteiger charge is -2.62. The van der Waals surface area contributed by atoms with E-state index in [4.69, 9.17) is 0 Å². The third-order valence-electron chi connectivity index (χ3n) is 5.33. The van der Waals surface area contributed by atoms with Gasteiger partial charge >= 0.3 is 0 Å². The monoisotopic (exact) mass is 296 g/mol. The molecule has 4 heteroatoms. The highest BCUT2D eigenvalue weighted by molar-refractivity contribution is 5.82. The van der Waals surface area contributed by atoms with Gasteiger partial charge in [0.2, 0.25) is 0 Å². The molecule has 0 unspecified atom stereocenters. The van der Waals surface area contributed by atoms with Gasteiger partial charge in [0, 0.05) is 49.7 Å². The number of rotatable bonds is 5. The lowest BCUT2D eigenvalue weighted by atomic mass is 9.65. The Labute approximate surface area is 132 Å². The lowest BCUT2D eigenvalue weighted by Crippen LogP contribution is -2.72. The minimum atomic E-state index is 0.157. The standard InChI is InChI=1S/C17H36N4/c1-13(2)20(14(3)4)11-10-19-15(18-9)21-12-16(5,6)17(21,7)8/h13-14H,10-12H2,1-9H3,(H,18,19). The molecule has 1 N–H and O–H groups in total. The molecule has 0 radical (unpaired) electrons. The van der Waals surface area contributed by atoms with Gasteiger partial charge in [0.15, 0.2) is 5.96 Å². The Hall–Kier alpha value is -0.770. The molecule has 0 saturated carbocycles. The largest absolute Gasteiger partial charge is 0.355 e. The summed E-state index contributed by atoms with van der Waals surface area (Å²) in [5, 5.41) is 3.54. The minimum Gasteiger partial charge on any atom is -0.355 e. The highest BCUT2D eigenvalue weighted by Gasteiger charge is 2.53. The van der Waals surface area contributed by atoms with Gasteiger partial charge in [0.05, 0.1) is 0 Å². The molecule has 0 aromatic heterocycles.